The largest absolute Gasteiger partial charge is 0.296 e. The molecule has 1 heterocycles. The first-order chi connectivity index (χ1) is 4.88. The molecule has 0 N–H and O–H groups in total. The van der Waals surface area contributed by atoms with E-state index in [2.05, 4.69) is 11.5 Å². The van der Waals surface area contributed by atoms with Gasteiger partial charge in [-0.25, -0.2) is 0 Å². The summed E-state index contributed by atoms with van der Waals surface area (Å²) < 4.78 is 0. The van der Waals surface area contributed by atoms with Gasteiger partial charge in [-0.15, -0.1) is 18.2 Å². The summed E-state index contributed by atoms with van der Waals surface area (Å²) in [5.41, 5.74) is 0. The SMILES string of the molecule is C=CCN1CCCC1CCl. The summed E-state index contributed by atoms with van der Waals surface area (Å²) in [6.45, 7) is 5.90. The van der Waals surface area contributed by atoms with E-state index in [9.17, 15) is 0 Å². The summed E-state index contributed by atoms with van der Waals surface area (Å²) in [7, 11) is 0. The van der Waals surface area contributed by atoms with Crippen molar-refractivity contribution in [3.05, 3.63) is 12.7 Å². The molecule has 1 fully saturated rings. The minimum Gasteiger partial charge on any atom is -0.296 e. The van der Waals surface area contributed by atoms with E-state index in [4.69, 9.17) is 11.6 Å². The predicted molar refractivity (Wildman–Crippen MR) is 45.5 cm³/mol. The van der Waals surface area contributed by atoms with Crippen molar-refractivity contribution in [3.8, 4) is 0 Å². The summed E-state index contributed by atoms with van der Waals surface area (Å²) in [4.78, 5) is 2.39. The van der Waals surface area contributed by atoms with Crippen LogP contribution in [0.5, 0.6) is 0 Å². The number of hydrogen-bond donors (Lipinski definition) is 0. The molecule has 0 saturated carbocycles. The molecule has 2 heteroatoms. The van der Waals surface area contributed by atoms with E-state index in [1.165, 1.54) is 19.4 Å². The molecular formula is C8H14ClN. The number of alkyl halides is 1. The maximum Gasteiger partial charge on any atom is 0.0379 e. The molecule has 1 unspecified atom stereocenters. The second-order valence-corrected chi connectivity index (χ2v) is 3.04. The van der Waals surface area contributed by atoms with E-state index >= 15 is 0 Å². The molecule has 0 amide bonds. The summed E-state index contributed by atoms with van der Waals surface area (Å²) in [6, 6.07) is 0.611. The molecule has 0 spiro atoms. The third kappa shape index (κ3) is 1.74. The van der Waals surface area contributed by atoms with Gasteiger partial charge in [-0.3, -0.25) is 4.90 Å². The molecule has 0 aliphatic carbocycles. The van der Waals surface area contributed by atoms with Crippen molar-refractivity contribution in [2.45, 2.75) is 18.9 Å². The Bertz CT molecular complexity index is 114. The van der Waals surface area contributed by atoms with Crippen molar-refractivity contribution in [1.82, 2.24) is 4.90 Å². The van der Waals surface area contributed by atoms with Gasteiger partial charge >= 0.3 is 0 Å². The second-order valence-electron chi connectivity index (χ2n) is 2.73. The van der Waals surface area contributed by atoms with E-state index in [0.29, 0.717) is 6.04 Å². The molecule has 0 aromatic heterocycles. The van der Waals surface area contributed by atoms with E-state index < -0.39 is 0 Å². The Kier molecular flexibility index (Phi) is 3.23. The molecule has 0 aromatic rings. The standard InChI is InChI=1S/C8H14ClN/c1-2-5-10-6-3-4-8(10)7-9/h2,8H,1,3-7H2. The summed E-state index contributed by atoms with van der Waals surface area (Å²) >= 11 is 5.76. The van der Waals surface area contributed by atoms with Crippen molar-refractivity contribution in [2.75, 3.05) is 19.0 Å². The van der Waals surface area contributed by atoms with E-state index in [0.717, 1.165) is 12.4 Å². The van der Waals surface area contributed by atoms with Crippen LogP contribution in [0.3, 0.4) is 0 Å². The Morgan fingerprint density at radius 3 is 3.10 bits per heavy atom. The first-order valence-corrected chi connectivity index (χ1v) is 4.33. The maximum absolute atomic E-state index is 5.76. The molecular weight excluding hydrogens is 146 g/mol. The van der Waals surface area contributed by atoms with Crippen LogP contribution < -0.4 is 0 Å². The average molecular weight is 160 g/mol. The highest BCUT2D eigenvalue weighted by molar-refractivity contribution is 6.18. The third-order valence-corrected chi connectivity index (χ3v) is 2.40. The molecule has 0 radical (unpaired) electrons. The molecule has 0 bridgehead atoms. The van der Waals surface area contributed by atoms with Gasteiger partial charge in [0, 0.05) is 18.5 Å². The number of rotatable bonds is 3. The topological polar surface area (TPSA) is 3.24 Å². The van der Waals surface area contributed by atoms with Gasteiger partial charge in [0.1, 0.15) is 0 Å². The molecule has 1 nitrogen and oxygen atoms in total. The van der Waals surface area contributed by atoms with Gasteiger partial charge < -0.3 is 0 Å². The Morgan fingerprint density at radius 2 is 2.50 bits per heavy atom. The lowest BCUT2D eigenvalue weighted by atomic mass is 10.2. The van der Waals surface area contributed by atoms with Crippen LogP contribution in [0, 0.1) is 0 Å². The van der Waals surface area contributed by atoms with Crippen molar-refractivity contribution < 1.29 is 0 Å². The highest BCUT2D eigenvalue weighted by Crippen LogP contribution is 2.17. The lowest BCUT2D eigenvalue weighted by molar-refractivity contribution is 0.301. The Hall–Kier alpha value is -0.0100. The van der Waals surface area contributed by atoms with Gasteiger partial charge in [0.2, 0.25) is 0 Å². The van der Waals surface area contributed by atoms with Crippen molar-refractivity contribution >= 4 is 11.6 Å². The zero-order chi connectivity index (χ0) is 7.40. The number of likely N-dealkylation sites (tertiary alicyclic amines) is 1. The van der Waals surface area contributed by atoms with Crippen LogP contribution in [-0.2, 0) is 0 Å². The summed E-state index contributed by atoms with van der Waals surface area (Å²) in [5.74, 6) is 0.772. The number of halogens is 1. The molecule has 1 rings (SSSR count). The fourth-order valence-electron chi connectivity index (χ4n) is 1.48. The fourth-order valence-corrected chi connectivity index (χ4v) is 1.83. The molecule has 1 aliphatic rings. The lowest BCUT2D eigenvalue weighted by Gasteiger charge is -2.19. The van der Waals surface area contributed by atoms with Gasteiger partial charge in [-0.1, -0.05) is 6.08 Å². The monoisotopic (exact) mass is 159 g/mol. The van der Waals surface area contributed by atoms with Gasteiger partial charge in [-0.05, 0) is 19.4 Å². The Morgan fingerprint density at radius 1 is 1.70 bits per heavy atom. The lowest BCUT2D eigenvalue weighted by Crippen LogP contribution is -2.30. The molecule has 1 aliphatic heterocycles. The highest BCUT2D eigenvalue weighted by atomic mass is 35.5. The fraction of sp³-hybridized carbons (Fsp3) is 0.750. The first kappa shape index (κ1) is 8.09. The van der Waals surface area contributed by atoms with Gasteiger partial charge in [0.25, 0.3) is 0 Å². The number of nitrogens with zero attached hydrogens (tertiary/aromatic N) is 1. The van der Waals surface area contributed by atoms with E-state index in [1.54, 1.807) is 0 Å². The van der Waals surface area contributed by atoms with Crippen molar-refractivity contribution in [1.29, 1.82) is 0 Å². The number of hydrogen-bond acceptors (Lipinski definition) is 1. The van der Waals surface area contributed by atoms with Crippen molar-refractivity contribution in [3.63, 3.8) is 0 Å². The van der Waals surface area contributed by atoms with Crippen LogP contribution in [0.2, 0.25) is 0 Å². The van der Waals surface area contributed by atoms with Crippen LogP contribution in [-0.4, -0.2) is 29.9 Å². The zero-order valence-electron chi connectivity index (χ0n) is 6.22. The molecule has 58 valence electrons. The molecule has 10 heavy (non-hydrogen) atoms. The molecule has 1 atom stereocenters. The smallest absolute Gasteiger partial charge is 0.0379 e. The van der Waals surface area contributed by atoms with Crippen LogP contribution in [0.4, 0.5) is 0 Å². The summed E-state index contributed by atoms with van der Waals surface area (Å²) in [6.07, 6.45) is 4.51. The minimum absolute atomic E-state index is 0.611. The van der Waals surface area contributed by atoms with Crippen molar-refractivity contribution in [2.24, 2.45) is 0 Å². The quantitative estimate of drug-likeness (QED) is 0.449. The average Bonchev–Trinajstić information content (AvgIpc) is 2.36. The van der Waals surface area contributed by atoms with Gasteiger partial charge in [-0.2, -0.15) is 0 Å². The van der Waals surface area contributed by atoms with Crippen LogP contribution >= 0.6 is 11.6 Å². The Labute approximate surface area is 67.7 Å². The van der Waals surface area contributed by atoms with E-state index in [1.807, 2.05) is 6.08 Å². The highest BCUT2D eigenvalue weighted by Gasteiger charge is 2.21. The van der Waals surface area contributed by atoms with Crippen LogP contribution in [0.15, 0.2) is 12.7 Å². The Balaban J connectivity index is 2.34. The zero-order valence-corrected chi connectivity index (χ0v) is 6.98. The third-order valence-electron chi connectivity index (χ3n) is 2.04. The predicted octanol–water partition coefficient (Wildman–Crippen LogP) is 1.88. The minimum atomic E-state index is 0.611. The van der Waals surface area contributed by atoms with Crippen LogP contribution in [0.25, 0.3) is 0 Å². The van der Waals surface area contributed by atoms with Crippen LogP contribution in [0.1, 0.15) is 12.8 Å². The van der Waals surface area contributed by atoms with Gasteiger partial charge in [0.05, 0.1) is 0 Å². The molecule has 0 aromatic carbocycles. The van der Waals surface area contributed by atoms with Gasteiger partial charge in [0.15, 0.2) is 0 Å². The molecule has 1 saturated heterocycles. The maximum atomic E-state index is 5.76. The normalized spacial score (nSPS) is 27.1. The van der Waals surface area contributed by atoms with E-state index in [-0.39, 0.29) is 0 Å². The first-order valence-electron chi connectivity index (χ1n) is 3.79. The second kappa shape index (κ2) is 3.99. The summed E-state index contributed by atoms with van der Waals surface area (Å²) in [5, 5.41) is 0.